The topological polar surface area (TPSA) is 446 Å². The van der Waals surface area contributed by atoms with E-state index in [2.05, 4.69) is 39.4 Å². The Balaban J connectivity index is 0.970. The van der Waals surface area contributed by atoms with E-state index < -0.39 is 110 Å². The summed E-state index contributed by atoms with van der Waals surface area (Å²) >= 11 is 0. The van der Waals surface area contributed by atoms with Gasteiger partial charge < -0.3 is 56.1 Å². The number of rotatable bonds is 16. The summed E-state index contributed by atoms with van der Waals surface area (Å²) in [5.41, 5.74) is 15.9. The van der Waals surface area contributed by atoms with Gasteiger partial charge in [0.1, 0.15) is 66.9 Å². The van der Waals surface area contributed by atoms with E-state index in [-0.39, 0.29) is 59.2 Å². The van der Waals surface area contributed by atoms with Crippen LogP contribution in [-0.2, 0) is 50.5 Å². The SMILES string of the molecule is Nc1ccn([C@H]2C[C@H](O)[C@@H](COP(=O)(O)O[C@H]3C[C@H](n4cnc5c(N)ncnc54)O[C@@H]3COP(=O)(O)O[C@H]3C[C@H](n4cnc5c(=O)[nH]c(N)nc54)O[C@@H]3COP(=O)(O)O)O2)c(=O)n1. The molecule has 0 aromatic carbocycles. The summed E-state index contributed by atoms with van der Waals surface area (Å²) in [6.07, 6.45) is -7.23. The van der Waals surface area contributed by atoms with Crippen LogP contribution in [0.5, 0.6) is 0 Å². The molecule has 3 saturated heterocycles. The van der Waals surface area contributed by atoms with E-state index in [0.29, 0.717) is 0 Å². The number of hydrogen-bond acceptors (Lipinski definition) is 23. The highest BCUT2D eigenvalue weighted by molar-refractivity contribution is 7.47. The molecule has 8 heterocycles. The van der Waals surface area contributed by atoms with Crippen molar-refractivity contribution >= 4 is 63.4 Å². The number of hydrogen-bond donors (Lipinski definition) is 9. The van der Waals surface area contributed by atoms with Gasteiger partial charge in [0.2, 0.25) is 5.95 Å². The van der Waals surface area contributed by atoms with E-state index in [4.69, 9.17) is 49.5 Å². The Morgan fingerprint density at radius 1 is 0.714 bits per heavy atom. The fourth-order valence-electron chi connectivity index (χ4n) is 7.09. The summed E-state index contributed by atoms with van der Waals surface area (Å²) in [4.78, 5) is 91.4. The number of anilines is 3. The van der Waals surface area contributed by atoms with Gasteiger partial charge in [-0.3, -0.25) is 46.1 Å². The molecule has 3 aliphatic heterocycles. The van der Waals surface area contributed by atoms with Crippen molar-refractivity contribution in [3.63, 3.8) is 0 Å². The van der Waals surface area contributed by atoms with Crippen molar-refractivity contribution in [1.29, 1.82) is 0 Å². The Morgan fingerprint density at radius 2 is 1.27 bits per heavy atom. The highest BCUT2D eigenvalue weighted by atomic mass is 31.2. The third-order valence-electron chi connectivity index (χ3n) is 9.93. The van der Waals surface area contributed by atoms with Crippen molar-refractivity contribution in [3.05, 3.63) is 52.1 Å². The number of aliphatic hydroxyl groups is 1. The number of phosphoric acid groups is 3. The van der Waals surface area contributed by atoms with E-state index in [0.717, 1.165) is 17.2 Å². The number of H-pyrrole nitrogens is 1. The Bertz CT molecular complexity index is 2770. The van der Waals surface area contributed by atoms with Crippen LogP contribution < -0.4 is 28.5 Å². The maximum Gasteiger partial charge on any atom is 0.472 e. The van der Waals surface area contributed by atoms with Gasteiger partial charge >= 0.3 is 29.2 Å². The molecule has 5 aromatic rings. The van der Waals surface area contributed by atoms with Gasteiger partial charge in [-0.1, -0.05) is 0 Å². The highest BCUT2D eigenvalue weighted by Gasteiger charge is 2.47. The van der Waals surface area contributed by atoms with Gasteiger partial charge in [-0.15, -0.1) is 0 Å². The molecule has 0 amide bonds. The third kappa shape index (κ3) is 10.0. The van der Waals surface area contributed by atoms with E-state index >= 15 is 0 Å². The monoisotopic (exact) mass is 949 g/mol. The van der Waals surface area contributed by atoms with Crippen LogP contribution in [0.1, 0.15) is 37.9 Å². The van der Waals surface area contributed by atoms with E-state index in [9.17, 15) is 48.0 Å². The van der Waals surface area contributed by atoms with Crippen molar-refractivity contribution in [2.24, 2.45) is 0 Å². The predicted octanol–water partition coefficient (Wildman–Crippen LogP) is -1.70. The lowest BCUT2D eigenvalue weighted by Crippen LogP contribution is -2.31. The first-order valence-electron chi connectivity index (χ1n) is 18.4. The van der Waals surface area contributed by atoms with Crippen molar-refractivity contribution in [2.75, 3.05) is 37.0 Å². The van der Waals surface area contributed by atoms with Crippen LogP contribution in [-0.4, -0.2) is 130 Å². The lowest BCUT2D eigenvalue weighted by Gasteiger charge is -2.24. The average Bonchev–Trinajstić information content (AvgIpc) is 4.03. The first-order chi connectivity index (χ1) is 29.7. The number of nitrogens with zero attached hydrogens (tertiary/aromatic N) is 9. The van der Waals surface area contributed by atoms with E-state index in [1.165, 1.54) is 27.7 Å². The zero-order valence-corrected chi connectivity index (χ0v) is 34.7. The summed E-state index contributed by atoms with van der Waals surface area (Å²) < 4.78 is 85.9. The van der Waals surface area contributed by atoms with Crippen LogP contribution in [0.25, 0.3) is 22.3 Å². The molecule has 0 bridgehead atoms. The Kier molecular flexibility index (Phi) is 12.4. The highest BCUT2D eigenvalue weighted by Crippen LogP contribution is 2.52. The molecule has 34 heteroatoms. The smallest absolute Gasteiger partial charge is 0.390 e. The summed E-state index contributed by atoms with van der Waals surface area (Å²) in [6.45, 7) is -2.40. The summed E-state index contributed by atoms with van der Waals surface area (Å²) in [5.74, 6) is -0.270. The van der Waals surface area contributed by atoms with Gasteiger partial charge in [-0.2, -0.15) is 9.97 Å². The molecule has 0 saturated carbocycles. The largest absolute Gasteiger partial charge is 0.472 e. The second-order valence-electron chi connectivity index (χ2n) is 14.2. The lowest BCUT2D eigenvalue weighted by atomic mass is 10.2. The lowest BCUT2D eigenvalue weighted by molar-refractivity contribution is -0.0603. The number of fused-ring (bicyclic) bond motifs is 2. The zero-order valence-electron chi connectivity index (χ0n) is 32.0. The molecule has 5 aromatic heterocycles. The van der Waals surface area contributed by atoms with Crippen LogP contribution >= 0.6 is 23.5 Å². The first-order valence-corrected chi connectivity index (χ1v) is 22.9. The molecule has 0 aliphatic carbocycles. The maximum atomic E-state index is 13.6. The molecule has 2 unspecified atom stereocenters. The van der Waals surface area contributed by atoms with Gasteiger partial charge in [-0.05, 0) is 6.07 Å². The molecule has 12 N–H and O–H groups in total. The minimum absolute atomic E-state index is 0.0325. The predicted molar refractivity (Wildman–Crippen MR) is 206 cm³/mol. The number of aromatic amines is 1. The summed E-state index contributed by atoms with van der Waals surface area (Å²) in [5, 5.41) is 10.6. The third-order valence-corrected chi connectivity index (χ3v) is 12.4. The van der Waals surface area contributed by atoms with E-state index in [1.54, 1.807) is 0 Å². The molecule has 3 fully saturated rings. The second-order valence-corrected chi connectivity index (χ2v) is 18.2. The summed E-state index contributed by atoms with van der Waals surface area (Å²) in [7, 11) is -15.4. The Labute approximate surface area is 350 Å². The summed E-state index contributed by atoms with van der Waals surface area (Å²) in [6, 6.07) is 1.34. The first kappa shape index (κ1) is 44.9. The average molecular weight is 950 g/mol. The number of nitrogens with one attached hydrogen (secondary N) is 1. The van der Waals surface area contributed by atoms with Crippen LogP contribution in [0, 0.1) is 0 Å². The zero-order chi connectivity index (χ0) is 45.0. The van der Waals surface area contributed by atoms with Crippen molar-refractivity contribution in [3.8, 4) is 0 Å². The standard InChI is InChI=1S/C29H38N13O18P3/c30-18-1-2-40(29(45)37-18)19-3-12(43)15(56-19)6-54-62(49,50)60-14-4-20(41-10-35-22-24(31)33-9-34-25(22)41)58-17(14)8-55-63(51,52)59-13-5-21(57-16(13)7-53-61(46,47)48)42-11-36-23-26(42)38-28(32)39-27(23)44/h1-2,9-17,19-21,43H,3-8H2,(H,49,50)(H,51,52)(H2,30,37,45)(H2,31,33,34)(H2,46,47,48)(H3,32,38,39,44)/t12-,13-,14-,15+,16+,17+,19+,20+,21+/m0/s1. The van der Waals surface area contributed by atoms with Gasteiger partial charge in [0, 0.05) is 25.5 Å². The fourth-order valence-corrected chi connectivity index (χ4v) is 9.35. The maximum absolute atomic E-state index is 13.6. The number of imidazole rings is 2. The number of nitrogen functional groups attached to an aromatic ring is 3. The Hall–Kier alpha value is -4.65. The molecule has 0 radical (unpaired) electrons. The Morgan fingerprint density at radius 3 is 1.89 bits per heavy atom. The van der Waals surface area contributed by atoms with Gasteiger partial charge in [0.25, 0.3) is 5.56 Å². The van der Waals surface area contributed by atoms with Crippen molar-refractivity contribution in [1.82, 2.24) is 48.6 Å². The van der Waals surface area contributed by atoms with Crippen molar-refractivity contribution in [2.45, 2.75) is 74.6 Å². The second kappa shape index (κ2) is 17.4. The molecule has 63 heavy (non-hydrogen) atoms. The van der Waals surface area contributed by atoms with Crippen LogP contribution in [0.4, 0.5) is 17.6 Å². The molecule has 0 spiro atoms. The number of phosphoric ester groups is 3. The molecular weight excluding hydrogens is 911 g/mol. The molecule has 342 valence electrons. The van der Waals surface area contributed by atoms with E-state index in [1.807, 2.05) is 0 Å². The number of nitrogens with two attached hydrogens (primary N) is 3. The van der Waals surface area contributed by atoms with Gasteiger partial charge in [0.15, 0.2) is 22.6 Å². The van der Waals surface area contributed by atoms with Crippen molar-refractivity contribution < 1.29 is 75.2 Å². The minimum atomic E-state index is -5.22. The van der Waals surface area contributed by atoms with Crippen LogP contribution in [0.3, 0.4) is 0 Å². The van der Waals surface area contributed by atoms with Crippen LogP contribution in [0.15, 0.2) is 40.8 Å². The van der Waals surface area contributed by atoms with Gasteiger partial charge in [-0.25, -0.2) is 38.4 Å². The molecular formula is C29H38N13O18P3. The van der Waals surface area contributed by atoms with Crippen LogP contribution in [0.2, 0.25) is 0 Å². The number of aromatic nitrogens is 10. The normalized spacial score (nSPS) is 28.5. The fraction of sp³-hybridized carbons (Fsp3) is 0.517. The minimum Gasteiger partial charge on any atom is -0.390 e. The number of ether oxygens (including phenoxy) is 3. The molecule has 11 atom stereocenters. The molecule has 31 nitrogen and oxygen atoms in total. The number of aliphatic hydroxyl groups excluding tert-OH is 1. The van der Waals surface area contributed by atoms with Gasteiger partial charge in [0.05, 0.1) is 38.6 Å². The molecule has 8 rings (SSSR count). The quantitative estimate of drug-likeness (QED) is 0.0498. The molecule has 3 aliphatic rings.